The number of nitrogens with one attached hydrogen (secondary N) is 1. The minimum atomic E-state index is 0.335. The van der Waals surface area contributed by atoms with Gasteiger partial charge in [-0.25, -0.2) is 0 Å². The molecule has 2 atom stereocenters. The summed E-state index contributed by atoms with van der Waals surface area (Å²) in [5.41, 5.74) is 0. The summed E-state index contributed by atoms with van der Waals surface area (Å²) >= 11 is 0. The highest BCUT2D eigenvalue weighted by Gasteiger charge is 2.45. The maximum Gasteiger partial charge on any atom is 0.222 e. The van der Waals surface area contributed by atoms with Crippen molar-refractivity contribution in [1.29, 1.82) is 0 Å². The molecule has 0 bridgehead atoms. The zero-order valence-corrected chi connectivity index (χ0v) is 9.53. The van der Waals surface area contributed by atoms with E-state index in [9.17, 15) is 4.79 Å². The highest BCUT2D eigenvalue weighted by molar-refractivity contribution is 5.76. The lowest BCUT2D eigenvalue weighted by Crippen LogP contribution is -2.33. The summed E-state index contributed by atoms with van der Waals surface area (Å²) in [6.07, 6.45) is 3.07. The van der Waals surface area contributed by atoms with Crippen LogP contribution in [0.3, 0.4) is 0 Å². The fraction of sp³-hybridized carbons (Fsp3) is 0.727. The van der Waals surface area contributed by atoms with Crippen LogP contribution in [0.25, 0.3) is 0 Å². The summed E-state index contributed by atoms with van der Waals surface area (Å²) in [7, 11) is 1.56. The third kappa shape index (κ3) is 3.55. The molecule has 86 valence electrons. The monoisotopic (exact) mass is 212 g/mol. The summed E-state index contributed by atoms with van der Waals surface area (Å²) in [4.78, 5) is 13.3. The molecular weight excluding hydrogens is 192 g/mol. The molecule has 4 nitrogen and oxygen atoms in total. The molecule has 0 saturated carbocycles. The minimum absolute atomic E-state index is 0.335. The van der Waals surface area contributed by atoms with Crippen LogP contribution in [0.2, 0.25) is 0 Å². The molecule has 2 fully saturated rings. The Morgan fingerprint density at radius 1 is 1.60 bits per heavy atom. The first-order valence-electron chi connectivity index (χ1n) is 5.40. The molecule has 0 radical (unpaired) electrons. The van der Waals surface area contributed by atoms with E-state index in [-0.39, 0.29) is 0 Å². The van der Waals surface area contributed by atoms with E-state index in [1.165, 1.54) is 6.26 Å². The smallest absolute Gasteiger partial charge is 0.222 e. The number of carbonyl (C=O) groups is 1. The highest BCUT2D eigenvalue weighted by atomic mass is 16.5. The van der Waals surface area contributed by atoms with Gasteiger partial charge >= 0.3 is 0 Å². The van der Waals surface area contributed by atoms with Crippen LogP contribution in [0, 0.1) is 0 Å². The largest absolute Gasteiger partial charge is 0.505 e. The molecule has 0 aromatic carbocycles. The van der Waals surface area contributed by atoms with E-state index in [0.29, 0.717) is 18.0 Å². The quantitative estimate of drug-likeness (QED) is 0.554. The lowest BCUT2D eigenvalue weighted by molar-refractivity contribution is -0.130. The van der Waals surface area contributed by atoms with Crippen LogP contribution in [-0.4, -0.2) is 43.1 Å². The normalized spacial score (nSPS) is 26.1. The molecule has 2 heterocycles. The number of likely N-dealkylation sites (tertiary alicyclic amines) is 1. The van der Waals surface area contributed by atoms with Crippen LogP contribution < -0.4 is 5.32 Å². The summed E-state index contributed by atoms with van der Waals surface area (Å²) in [5, 5.41) is 3.30. The second-order valence-corrected chi connectivity index (χ2v) is 3.83. The predicted molar refractivity (Wildman–Crippen MR) is 59.4 cm³/mol. The molecule has 0 aliphatic carbocycles. The Labute approximate surface area is 91.3 Å². The Kier molecular flexibility index (Phi) is 4.62. The molecule has 1 N–H and O–H groups in total. The van der Waals surface area contributed by atoms with Gasteiger partial charge in [0, 0.05) is 31.6 Å². The minimum Gasteiger partial charge on any atom is -0.505 e. The SMILES string of the molecule is C=COC.CCCC(=O)N1CC2NC2C1. The molecule has 2 rings (SSSR count). The Morgan fingerprint density at radius 2 is 2.13 bits per heavy atom. The lowest BCUT2D eigenvalue weighted by atomic mass is 10.3. The molecule has 2 unspecified atom stereocenters. The Morgan fingerprint density at radius 3 is 2.53 bits per heavy atom. The van der Waals surface area contributed by atoms with Crippen molar-refractivity contribution in [1.82, 2.24) is 10.2 Å². The van der Waals surface area contributed by atoms with Gasteiger partial charge in [-0.1, -0.05) is 13.5 Å². The molecule has 0 aromatic heterocycles. The molecule has 2 aliphatic heterocycles. The maximum absolute atomic E-state index is 11.3. The van der Waals surface area contributed by atoms with E-state index in [1.54, 1.807) is 7.11 Å². The number of methoxy groups -OCH3 is 1. The molecule has 0 aromatic rings. The fourth-order valence-electron chi connectivity index (χ4n) is 1.70. The third-order valence-electron chi connectivity index (χ3n) is 2.62. The average molecular weight is 212 g/mol. The highest BCUT2D eigenvalue weighted by Crippen LogP contribution is 2.22. The molecule has 4 heteroatoms. The van der Waals surface area contributed by atoms with Crippen molar-refractivity contribution in [3.63, 3.8) is 0 Å². The number of rotatable bonds is 3. The first-order valence-corrected chi connectivity index (χ1v) is 5.40. The van der Waals surface area contributed by atoms with Crippen molar-refractivity contribution < 1.29 is 9.53 Å². The molecule has 2 saturated heterocycles. The van der Waals surface area contributed by atoms with E-state index in [1.807, 2.05) is 11.8 Å². The van der Waals surface area contributed by atoms with Crippen molar-refractivity contribution in [3.05, 3.63) is 12.8 Å². The van der Waals surface area contributed by atoms with Gasteiger partial charge in [0.2, 0.25) is 5.91 Å². The fourth-order valence-corrected chi connectivity index (χ4v) is 1.70. The summed E-state index contributed by atoms with van der Waals surface area (Å²) in [6, 6.07) is 1.27. The number of carbonyl (C=O) groups excluding carboxylic acids is 1. The van der Waals surface area contributed by atoms with Gasteiger partial charge in [-0.3, -0.25) is 4.79 Å². The van der Waals surface area contributed by atoms with E-state index >= 15 is 0 Å². The van der Waals surface area contributed by atoms with E-state index in [4.69, 9.17) is 0 Å². The van der Waals surface area contributed by atoms with Gasteiger partial charge in [0.25, 0.3) is 0 Å². The van der Waals surface area contributed by atoms with Crippen molar-refractivity contribution in [3.8, 4) is 0 Å². The van der Waals surface area contributed by atoms with E-state index < -0.39 is 0 Å². The van der Waals surface area contributed by atoms with Gasteiger partial charge in [-0.05, 0) is 6.42 Å². The number of hydrogen-bond donors (Lipinski definition) is 1. The predicted octanol–water partition coefficient (Wildman–Crippen LogP) is 0.745. The topological polar surface area (TPSA) is 51.5 Å². The molecular formula is C11H20N2O2. The van der Waals surface area contributed by atoms with Crippen LogP contribution in [0.4, 0.5) is 0 Å². The second-order valence-electron chi connectivity index (χ2n) is 3.83. The van der Waals surface area contributed by atoms with Crippen LogP contribution in [0.15, 0.2) is 12.8 Å². The van der Waals surface area contributed by atoms with Crippen molar-refractivity contribution >= 4 is 5.91 Å². The van der Waals surface area contributed by atoms with Gasteiger partial charge in [-0.15, -0.1) is 0 Å². The number of piperazine rings is 1. The van der Waals surface area contributed by atoms with E-state index in [2.05, 4.69) is 16.6 Å². The summed E-state index contributed by atoms with van der Waals surface area (Å²) < 4.78 is 4.31. The van der Waals surface area contributed by atoms with Gasteiger partial charge in [-0.2, -0.15) is 0 Å². The Balaban J connectivity index is 0.000000245. The summed E-state index contributed by atoms with van der Waals surface area (Å²) in [5.74, 6) is 0.335. The van der Waals surface area contributed by atoms with Crippen LogP contribution in [0.1, 0.15) is 19.8 Å². The molecule has 2 aliphatic rings. The van der Waals surface area contributed by atoms with Gasteiger partial charge < -0.3 is 15.0 Å². The second kappa shape index (κ2) is 5.75. The third-order valence-corrected chi connectivity index (χ3v) is 2.62. The zero-order valence-electron chi connectivity index (χ0n) is 9.53. The van der Waals surface area contributed by atoms with Crippen molar-refractivity contribution in [2.45, 2.75) is 31.8 Å². The Bertz CT molecular complexity index is 221. The first kappa shape index (κ1) is 12.0. The first-order chi connectivity index (χ1) is 7.22. The Hall–Kier alpha value is -1.03. The van der Waals surface area contributed by atoms with Gasteiger partial charge in [0.15, 0.2) is 0 Å². The van der Waals surface area contributed by atoms with Crippen molar-refractivity contribution in [2.75, 3.05) is 20.2 Å². The average Bonchev–Trinajstić information content (AvgIpc) is 2.86. The number of ether oxygens (including phenoxy) is 1. The van der Waals surface area contributed by atoms with Crippen LogP contribution in [-0.2, 0) is 9.53 Å². The standard InChI is InChI=1S/C8H14N2O.C3H6O/c1-2-3-8(11)10-4-6-7(5-10)9-6;1-3-4-2/h6-7,9H,2-5H2,1H3;3H,1H2,2H3. The number of hydrogen-bond acceptors (Lipinski definition) is 3. The van der Waals surface area contributed by atoms with Gasteiger partial charge in [0.1, 0.15) is 0 Å². The van der Waals surface area contributed by atoms with Crippen LogP contribution >= 0.6 is 0 Å². The van der Waals surface area contributed by atoms with Crippen LogP contribution in [0.5, 0.6) is 0 Å². The number of amides is 1. The maximum atomic E-state index is 11.3. The molecule has 0 spiro atoms. The molecule has 15 heavy (non-hydrogen) atoms. The van der Waals surface area contributed by atoms with Gasteiger partial charge in [0.05, 0.1) is 13.4 Å². The lowest BCUT2D eigenvalue weighted by Gasteiger charge is -2.16. The number of fused-ring (bicyclic) bond motifs is 1. The number of nitrogens with zero attached hydrogens (tertiary/aromatic N) is 1. The van der Waals surface area contributed by atoms with E-state index in [0.717, 1.165) is 25.9 Å². The molecule has 1 amide bonds. The van der Waals surface area contributed by atoms with Crippen molar-refractivity contribution in [2.24, 2.45) is 0 Å². The summed E-state index contributed by atoms with van der Waals surface area (Å²) in [6.45, 7) is 7.20. The zero-order chi connectivity index (χ0) is 11.3.